The molecule has 0 aliphatic heterocycles. The molecule has 2 aliphatic rings. The highest BCUT2D eigenvalue weighted by molar-refractivity contribution is 5.69. The molecule has 110 valence electrons. The van der Waals surface area contributed by atoms with Gasteiger partial charge >= 0.3 is 5.97 Å². The summed E-state index contributed by atoms with van der Waals surface area (Å²) in [5, 5.41) is 0. The second-order valence-corrected chi connectivity index (χ2v) is 6.48. The highest BCUT2D eigenvalue weighted by Crippen LogP contribution is 2.39. The number of ether oxygens (including phenoxy) is 1. The Labute approximate surface area is 118 Å². The molecule has 2 aliphatic carbocycles. The summed E-state index contributed by atoms with van der Waals surface area (Å²) < 4.78 is 5.82. The van der Waals surface area contributed by atoms with Crippen LogP contribution in [-0.4, -0.2) is 12.1 Å². The summed E-state index contributed by atoms with van der Waals surface area (Å²) in [6.45, 7) is 2.12. The predicted octanol–water partition coefficient (Wildman–Crippen LogP) is 4.86. The molecule has 2 saturated carbocycles. The fraction of sp³-hybridized carbons (Fsp3) is 0.941. The third-order valence-electron chi connectivity index (χ3n) is 5.03. The van der Waals surface area contributed by atoms with E-state index in [0.29, 0.717) is 12.3 Å². The molecule has 0 aromatic heterocycles. The molecule has 19 heavy (non-hydrogen) atoms. The topological polar surface area (TPSA) is 26.3 Å². The van der Waals surface area contributed by atoms with Gasteiger partial charge in [-0.3, -0.25) is 4.79 Å². The molecule has 0 unspecified atom stereocenters. The van der Waals surface area contributed by atoms with Gasteiger partial charge in [0.05, 0.1) is 0 Å². The molecule has 0 aromatic rings. The molecule has 0 spiro atoms. The first-order valence-corrected chi connectivity index (χ1v) is 8.50. The zero-order valence-corrected chi connectivity index (χ0v) is 12.5. The quantitative estimate of drug-likeness (QED) is 0.664. The Kier molecular flexibility index (Phi) is 6.19. The van der Waals surface area contributed by atoms with Crippen molar-refractivity contribution >= 4 is 5.97 Å². The molecular formula is C17H30O2. The Morgan fingerprint density at radius 2 is 1.68 bits per heavy atom. The van der Waals surface area contributed by atoms with Gasteiger partial charge < -0.3 is 4.74 Å². The summed E-state index contributed by atoms with van der Waals surface area (Å²) in [5.74, 6) is 1.55. The molecule has 0 amide bonds. The Balaban J connectivity index is 1.86. The van der Waals surface area contributed by atoms with Gasteiger partial charge in [-0.2, -0.15) is 0 Å². The zero-order valence-electron chi connectivity index (χ0n) is 12.5. The number of carbonyl (C=O) groups excluding carboxylic acids is 1. The van der Waals surface area contributed by atoms with Crippen LogP contribution in [0.4, 0.5) is 0 Å². The van der Waals surface area contributed by atoms with Crippen molar-refractivity contribution < 1.29 is 9.53 Å². The first-order chi connectivity index (χ1) is 9.31. The molecule has 2 nitrogen and oxygen atoms in total. The third kappa shape index (κ3) is 4.50. The van der Waals surface area contributed by atoms with Crippen molar-refractivity contribution in [3.8, 4) is 0 Å². The van der Waals surface area contributed by atoms with Crippen molar-refractivity contribution in [3.63, 3.8) is 0 Å². The summed E-state index contributed by atoms with van der Waals surface area (Å²) in [5.41, 5.74) is 0. The van der Waals surface area contributed by atoms with Gasteiger partial charge in [0.2, 0.25) is 0 Å². The van der Waals surface area contributed by atoms with E-state index in [0.717, 1.165) is 25.2 Å². The lowest BCUT2D eigenvalue weighted by Crippen LogP contribution is -2.35. The SMILES string of the molecule is CCCCC(=O)O[C@@H]1CCCC[C@H]1C1CCCCC1. The van der Waals surface area contributed by atoms with Gasteiger partial charge in [0.15, 0.2) is 0 Å². The number of hydrogen-bond acceptors (Lipinski definition) is 2. The second kappa shape index (κ2) is 7.91. The van der Waals surface area contributed by atoms with Crippen LogP contribution in [0.25, 0.3) is 0 Å². The lowest BCUT2D eigenvalue weighted by Gasteiger charge is -2.38. The average molecular weight is 266 g/mol. The van der Waals surface area contributed by atoms with E-state index in [1.54, 1.807) is 0 Å². The van der Waals surface area contributed by atoms with Gasteiger partial charge in [0.25, 0.3) is 0 Å². The normalized spacial score (nSPS) is 29.1. The molecule has 0 saturated heterocycles. The average Bonchev–Trinajstić information content (AvgIpc) is 2.46. The van der Waals surface area contributed by atoms with Gasteiger partial charge in [0.1, 0.15) is 6.10 Å². The van der Waals surface area contributed by atoms with Crippen LogP contribution in [0.3, 0.4) is 0 Å². The number of rotatable bonds is 5. The maximum atomic E-state index is 11.9. The highest BCUT2D eigenvalue weighted by atomic mass is 16.5. The molecular weight excluding hydrogens is 236 g/mol. The van der Waals surface area contributed by atoms with Crippen molar-refractivity contribution in [2.75, 3.05) is 0 Å². The van der Waals surface area contributed by atoms with Crippen molar-refractivity contribution in [2.24, 2.45) is 11.8 Å². The molecule has 2 rings (SSSR count). The fourth-order valence-corrected chi connectivity index (χ4v) is 3.92. The molecule has 2 atom stereocenters. The van der Waals surface area contributed by atoms with Crippen LogP contribution >= 0.6 is 0 Å². The lowest BCUT2D eigenvalue weighted by molar-refractivity contribution is -0.155. The van der Waals surface area contributed by atoms with E-state index in [1.165, 1.54) is 51.4 Å². The first-order valence-electron chi connectivity index (χ1n) is 8.50. The first kappa shape index (κ1) is 14.9. The Hall–Kier alpha value is -0.530. The van der Waals surface area contributed by atoms with Crippen LogP contribution < -0.4 is 0 Å². The maximum absolute atomic E-state index is 11.9. The highest BCUT2D eigenvalue weighted by Gasteiger charge is 2.34. The van der Waals surface area contributed by atoms with Crippen LogP contribution in [0, 0.1) is 11.8 Å². The summed E-state index contributed by atoms with van der Waals surface area (Å²) in [4.78, 5) is 11.9. The van der Waals surface area contributed by atoms with Crippen molar-refractivity contribution in [3.05, 3.63) is 0 Å². The van der Waals surface area contributed by atoms with E-state index in [-0.39, 0.29) is 12.1 Å². The second-order valence-electron chi connectivity index (χ2n) is 6.48. The fourth-order valence-electron chi connectivity index (χ4n) is 3.92. The van der Waals surface area contributed by atoms with Gasteiger partial charge in [0, 0.05) is 6.42 Å². The Bertz CT molecular complexity index is 268. The van der Waals surface area contributed by atoms with Crippen LogP contribution in [0.1, 0.15) is 84.0 Å². The van der Waals surface area contributed by atoms with E-state index in [2.05, 4.69) is 6.92 Å². The number of carbonyl (C=O) groups is 1. The monoisotopic (exact) mass is 266 g/mol. The maximum Gasteiger partial charge on any atom is 0.306 e. The summed E-state index contributed by atoms with van der Waals surface area (Å²) in [7, 11) is 0. The van der Waals surface area contributed by atoms with Crippen molar-refractivity contribution in [1.82, 2.24) is 0 Å². The third-order valence-corrected chi connectivity index (χ3v) is 5.03. The minimum atomic E-state index is 0.0505. The van der Waals surface area contributed by atoms with Crippen LogP contribution in [0.5, 0.6) is 0 Å². The molecule has 2 fully saturated rings. The number of unbranched alkanes of at least 4 members (excludes halogenated alkanes) is 1. The molecule has 0 aromatic carbocycles. The van der Waals surface area contributed by atoms with Gasteiger partial charge in [-0.15, -0.1) is 0 Å². The van der Waals surface area contributed by atoms with Crippen molar-refractivity contribution in [2.45, 2.75) is 90.1 Å². The Morgan fingerprint density at radius 1 is 1.00 bits per heavy atom. The van der Waals surface area contributed by atoms with E-state index in [9.17, 15) is 4.79 Å². The van der Waals surface area contributed by atoms with Crippen LogP contribution in [0.2, 0.25) is 0 Å². The largest absolute Gasteiger partial charge is 0.462 e. The molecule has 0 heterocycles. The molecule has 0 N–H and O–H groups in total. The standard InChI is InChI=1S/C17H30O2/c1-2-3-13-17(18)19-16-12-8-7-11-15(16)14-9-5-4-6-10-14/h14-16H,2-13H2,1H3/t15-,16+/m0/s1. The molecule has 0 radical (unpaired) electrons. The molecule has 2 heteroatoms. The van der Waals surface area contributed by atoms with Crippen LogP contribution in [0.15, 0.2) is 0 Å². The van der Waals surface area contributed by atoms with E-state index in [4.69, 9.17) is 4.74 Å². The minimum Gasteiger partial charge on any atom is -0.462 e. The van der Waals surface area contributed by atoms with Gasteiger partial charge in [-0.1, -0.05) is 51.9 Å². The zero-order chi connectivity index (χ0) is 13.5. The predicted molar refractivity (Wildman–Crippen MR) is 77.9 cm³/mol. The van der Waals surface area contributed by atoms with Gasteiger partial charge in [-0.05, 0) is 37.5 Å². The van der Waals surface area contributed by atoms with Gasteiger partial charge in [-0.25, -0.2) is 0 Å². The number of esters is 1. The van der Waals surface area contributed by atoms with Crippen LogP contribution in [-0.2, 0) is 9.53 Å². The number of hydrogen-bond donors (Lipinski definition) is 0. The van der Waals surface area contributed by atoms with Crippen molar-refractivity contribution in [1.29, 1.82) is 0 Å². The molecule has 0 bridgehead atoms. The lowest BCUT2D eigenvalue weighted by atomic mass is 9.72. The summed E-state index contributed by atoms with van der Waals surface area (Å²) in [6, 6.07) is 0. The Morgan fingerprint density at radius 3 is 2.42 bits per heavy atom. The summed E-state index contributed by atoms with van der Waals surface area (Å²) >= 11 is 0. The van der Waals surface area contributed by atoms with E-state index >= 15 is 0 Å². The van der Waals surface area contributed by atoms with E-state index in [1.807, 2.05) is 0 Å². The van der Waals surface area contributed by atoms with E-state index < -0.39 is 0 Å². The smallest absolute Gasteiger partial charge is 0.306 e. The minimum absolute atomic E-state index is 0.0505. The summed E-state index contributed by atoms with van der Waals surface area (Å²) in [6.07, 6.45) is 14.8.